The van der Waals surface area contributed by atoms with Gasteiger partial charge in [0.25, 0.3) is 0 Å². The van der Waals surface area contributed by atoms with Gasteiger partial charge >= 0.3 is 0 Å². The Labute approximate surface area is 386 Å². The van der Waals surface area contributed by atoms with E-state index in [0.717, 1.165) is 34.1 Å². The summed E-state index contributed by atoms with van der Waals surface area (Å²) in [4.78, 5) is 7.31. The molecule has 0 saturated carbocycles. The van der Waals surface area contributed by atoms with Crippen molar-refractivity contribution >= 4 is 97.4 Å². The van der Waals surface area contributed by atoms with Gasteiger partial charge in [-0.3, -0.25) is 0 Å². The molecule has 0 aromatic heterocycles. The monoisotopic (exact) mass is 837 g/mol. The molecule has 4 heterocycles. The minimum absolute atomic E-state index is 0.0255. The van der Waals surface area contributed by atoms with Crippen LogP contribution in [0.2, 0.25) is 0 Å². The third-order valence-corrected chi connectivity index (χ3v) is 14.8. The molecule has 4 aliphatic heterocycles. The summed E-state index contributed by atoms with van der Waals surface area (Å²) < 4.78 is 0. The van der Waals surface area contributed by atoms with E-state index in [1.807, 2.05) is 0 Å². The van der Waals surface area contributed by atoms with Gasteiger partial charge in [-0.2, -0.15) is 0 Å². The molecule has 0 aliphatic carbocycles. The summed E-state index contributed by atoms with van der Waals surface area (Å²) in [5.41, 5.74) is 23.5. The van der Waals surface area contributed by atoms with E-state index in [4.69, 9.17) is 0 Å². The zero-order chi connectivity index (χ0) is 43.3. The molecular weight excluding hydrogens is 796 g/mol. The molecule has 1 spiro atoms. The molecule has 5 heteroatoms. The average Bonchev–Trinajstić information content (AvgIpc) is 3.39. The summed E-state index contributed by atoms with van der Waals surface area (Å²) in [5.74, 6) is 0. The molecule has 0 fully saturated rings. The third kappa shape index (κ3) is 5.05. The summed E-state index contributed by atoms with van der Waals surface area (Å²) in [6, 6.07) is 92.7. The van der Waals surface area contributed by atoms with Crippen LogP contribution in [0, 0.1) is 0 Å². The van der Waals surface area contributed by atoms with Crippen LogP contribution in [-0.4, -0.2) is 13.4 Å². The summed E-state index contributed by atoms with van der Waals surface area (Å²) >= 11 is 0. The lowest BCUT2D eigenvalue weighted by atomic mass is 9.25. The normalized spacial score (nSPS) is 14.3. The lowest BCUT2D eigenvalue weighted by Gasteiger charge is -2.51. The molecule has 0 radical (unpaired) electrons. The fourth-order valence-electron chi connectivity index (χ4n) is 12.3. The van der Waals surface area contributed by atoms with Crippen LogP contribution in [0.15, 0.2) is 249 Å². The van der Waals surface area contributed by atoms with E-state index in [1.165, 1.54) is 72.1 Å². The van der Waals surface area contributed by atoms with Crippen LogP contribution in [0.25, 0.3) is 0 Å². The lowest BCUT2D eigenvalue weighted by Crippen LogP contribution is -2.69. The highest BCUT2D eigenvalue weighted by atomic mass is 15.3. The van der Waals surface area contributed by atoms with Crippen LogP contribution in [0.4, 0.5) is 51.2 Å². The van der Waals surface area contributed by atoms with Gasteiger partial charge in [-0.25, -0.2) is 0 Å². The van der Waals surface area contributed by atoms with Crippen molar-refractivity contribution in [2.24, 2.45) is 0 Å². The Bertz CT molecular complexity index is 3440. The second-order valence-electron chi connectivity index (χ2n) is 17.9. The molecule has 0 N–H and O–H groups in total. The van der Waals surface area contributed by atoms with Crippen LogP contribution in [-0.2, 0) is 5.41 Å². The summed E-state index contributed by atoms with van der Waals surface area (Å²) in [6.45, 7) is 0.112. The Morgan fingerprint density at radius 1 is 0.242 bits per heavy atom. The predicted molar refractivity (Wildman–Crippen MR) is 278 cm³/mol. The topological polar surface area (TPSA) is 9.72 Å². The van der Waals surface area contributed by atoms with Crippen molar-refractivity contribution < 1.29 is 0 Å². The van der Waals surface area contributed by atoms with Crippen LogP contribution in [0.5, 0.6) is 0 Å². The predicted octanol–water partition coefficient (Wildman–Crippen LogP) is 10.8. The first-order valence-electron chi connectivity index (χ1n) is 23.1. The number of benzene rings is 10. The van der Waals surface area contributed by atoms with E-state index >= 15 is 0 Å². The van der Waals surface area contributed by atoms with Gasteiger partial charge in [-0.05, 0) is 106 Å². The maximum Gasteiger partial charge on any atom is 0.247 e. The molecule has 0 saturated heterocycles. The summed E-state index contributed by atoms with van der Waals surface area (Å²) in [5, 5.41) is 0. The Morgan fingerprint density at radius 2 is 0.591 bits per heavy atom. The molecule has 3 nitrogen and oxygen atoms in total. The van der Waals surface area contributed by atoms with Crippen molar-refractivity contribution in [2.45, 2.75) is 5.41 Å². The first kappa shape index (κ1) is 37.1. The molecule has 0 atom stereocenters. The van der Waals surface area contributed by atoms with Gasteiger partial charge in [0.2, 0.25) is 13.4 Å². The molecule has 10 aromatic rings. The van der Waals surface area contributed by atoms with E-state index in [9.17, 15) is 0 Å². The highest BCUT2D eigenvalue weighted by molar-refractivity contribution is 6.99. The number of nitrogens with zero attached hydrogens (tertiary/aromatic N) is 3. The van der Waals surface area contributed by atoms with Gasteiger partial charge in [0, 0.05) is 28.4 Å². The Morgan fingerprint density at radius 3 is 1.09 bits per heavy atom. The van der Waals surface area contributed by atoms with Crippen LogP contribution in [0.3, 0.4) is 0 Å². The van der Waals surface area contributed by atoms with Crippen LogP contribution < -0.4 is 47.5 Å². The molecule has 14 rings (SSSR count). The average molecular weight is 838 g/mol. The fourth-order valence-corrected chi connectivity index (χ4v) is 12.3. The highest BCUT2D eigenvalue weighted by Crippen LogP contribution is 2.54. The zero-order valence-corrected chi connectivity index (χ0v) is 36.2. The van der Waals surface area contributed by atoms with E-state index in [2.05, 4.69) is 263 Å². The lowest BCUT2D eigenvalue weighted by molar-refractivity contribution is 0.757. The quantitative estimate of drug-likeness (QED) is 0.164. The minimum atomic E-state index is -0.553. The van der Waals surface area contributed by atoms with E-state index in [0.29, 0.717) is 0 Å². The number of anilines is 9. The molecule has 0 amide bonds. The van der Waals surface area contributed by atoms with Gasteiger partial charge in [0.15, 0.2) is 0 Å². The molecular formula is C61H41B2N3. The van der Waals surface area contributed by atoms with Gasteiger partial charge in [-0.1, -0.05) is 198 Å². The zero-order valence-electron chi connectivity index (χ0n) is 36.2. The second-order valence-corrected chi connectivity index (χ2v) is 17.9. The van der Waals surface area contributed by atoms with Crippen LogP contribution >= 0.6 is 0 Å². The van der Waals surface area contributed by atoms with Gasteiger partial charge < -0.3 is 14.7 Å². The maximum absolute atomic E-state index is 2.50. The molecule has 306 valence electrons. The highest BCUT2D eigenvalue weighted by Gasteiger charge is 2.55. The number of hydrogen-bond acceptors (Lipinski definition) is 3. The van der Waals surface area contributed by atoms with Gasteiger partial charge in [0.1, 0.15) is 0 Å². The summed E-state index contributed by atoms with van der Waals surface area (Å²) in [6.07, 6.45) is 0. The minimum Gasteiger partial charge on any atom is -0.312 e. The standard InChI is InChI=1S/C61H41B2N3/c1-3-20-43(21-4-1)64-54-32-14-13-31-53(54)63-52-30-12-9-26-48(52)61(49-27-19-37-59(64)60(49)63)46-24-7-10-28-50(46)62(51-29-11-8-25-47(51)61)42-38-40-45(41-39-42)66-57-35-17-15-33-55(57)65(44-22-5-2-6-23-44)56-34-16-18-36-58(56)66/h1-41H. The Balaban J connectivity index is 0.957. The smallest absolute Gasteiger partial charge is 0.247 e. The number of fused-ring (bicyclic) bond motifs is 12. The molecule has 0 unspecified atom stereocenters. The number of para-hydroxylation sites is 7. The van der Waals surface area contributed by atoms with Crippen molar-refractivity contribution in [3.05, 3.63) is 271 Å². The van der Waals surface area contributed by atoms with E-state index in [1.54, 1.807) is 0 Å². The summed E-state index contributed by atoms with van der Waals surface area (Å²) in [7, 11) is 0. The van der Waals surface area contributed by atoms with Gasteiger partial charge in [-0.15, -0.1) is 0 Å². The van der Waals surface area contributed by atoms with E-state index < -0.39 is 5.41 Å². The SMILES string of the molecule is c1ccc(N2c3ccccc3N(c3ccc(B4c5ccccc5C5(c6ccccc64)c4ccccc4B4c6ccccc6N(c6ccccc6)c6cccc5c64)cc3)c3ccccc32)cc1. The largest absolute Gasteiger partial charge is 0.312 e. The van der Waals surface area contributed by atoms with Crippen molar-refractivity contribution in [3.8, 4) is 0 Å². The first-order chi connectivity index (χ1) is 32.8. The van der Waals surface area contributed by atoms with Crippen molar-refractivity contribution in [1.82, 2.24) is 0 Å². The molecule has 66 heavy (non-hydrogen) atoms. The van der Waals surface area contributed by atoms with Gasteiger partial charge in [0.05, 0.1) is 28.2 Å². The van der Waals surface area contributed by atoms with Crippen molar-refractivity contribution in [3.63, 3.8) is 0 Å². The van der Waals surface area contributed by atoms with Crippen molar-refractivity contribution in [1.29, 1.82) is 0 Å². The fraction of sp³-hybridized carbons (Fsp3) is 0.0164. The van der Waals surface area contributed by atoms with E-state index in [-0.39, 0.29) is 13.4 Å². The number of rotatable bonds is 4. The first-order valence-corrected chi connectivity index (χ1v) is 23.1. The molecule has 0 bridgehead atoms. The van der Waals surface area contributed by atoms with Crippen LogP contribution in [0.1, 0.15) is 22.3 Å². The maximum atomic E-state index is 2.50. The Hall–Kier alpha value is -8.27. The molecule has 10 aromatic carbocycles. The Kier molecular flexibility index (Phi) is 8.09. The number of hydrogen-bond donors (Lipinski definition) is 0. The van der Waals surface area contributed by atoms with Crippen molar-refractivity contribution in [2.75, 3.05) is 14.7 Å². The third-order valence-electron chi connectivity index (χ3n) is 14.8. The second kappa shape index (κ2) is 14.4. The molecule has 4 aliphatic rings.